The number of carbonyl (C=O) groups is 1. The van der Waals surface area contributed by atoms with Gasteiger partial charge in [-0.3, -0.25) is 10.6 Å². The van der Waals surface area contributed by atoms with Crippen molar-refractivity contribution in [3.8, 4) is 6.07 Å². The van der Waals surface area contributed by atoms with Gasteiger partial charge >= 0.3 is 0 Å². The highest BCUT2D eigenvalue weighted by atomic mass is 16.2. The summed E-state index contributed by atoms with van der Waals surface area (Å²) in [6, 6.07) is 8.82. The van der Waals surface area contributed by atoms with E-state index in [-0.39, 0.29) is 11.9 Å². The number of anilines is 1. The number of amides is 1. The van der Waals surface area contributed by atoms with E-state index in [2.05, 4.69) is 11.5 Å². The molecule has 0 saturated heterocycles. The molecule has 0 heterocycles. The Morgan fingerprint density at radius 3 is 2.59 bits per heavy atom. The van der Waals surface area contributed by atoms with E-state index in [1.807, 2.05) is 6.92 Å². The molecule has 1 rings (SSSR count). The summed E-state index contributed by atoms with van der Waals surface area (Å²) < 4.78 is 0. The number of nitriles is 1. The number of nitrogens with zero attached hydrogens (tertiary/aromatic N) is 2. The lowest BCUT2D eigenvalue weighted by Crippen LogP contribution is -2.34. The number of nitrogens with one attached hydrogen (secondary N) is 1. The number of hydrazine groups is 1. The fraction of sp³-hybridized carbons (Fsp3) is 0.333. The van der Waals surface area contributed by atoms with Crippen LogP contribution in [-0.2, 0) is 0 Å². The summed E-state index contributed by atoms with van der Waals surface area (Å²) in [5.41, 5.74) is 3.82. The van der Waals surface area contributed by atoms with Crippen LogP contribution < -0.4 is 11.3 Å². The molecule has 0 aliphatic rings. The van der Waals surface area contributed by atoms with Gasteiger partial charge in [0.05, 0.1) is 12.5 Å². The van der Waals surface area contributed by atoms with Crippen LogP contribution in [0.25, 0.3) is 0 Å². The molecule has 0 saturated carbocycles. The predicted octanol–water partition coefficient (Wildman–Crippen LogP) is 1.35. The Kier molecular flexibility index (Phi) is 4.49. The van der Waals surface area contributed by atoms with Gasteiger partial charge in [-0.2, -0.15) is 5.26 Å². The van der Waals surface area contributed by atoms with Crippen molar-refractivity contribution in [3.63, 3.8) is 0 Å². The molecule has 5 nitrogen and oxygen atoms in total. The maximum absolute atomic E-state index is 12.0. The fourth-order valence-corrected chi connectivity index (χ4v) is 1.38. The van der Waals surface area contributed by atoms with E-state index in [0.717, 1.165) is 5.69 Å². The lowest BCUT2D eigenvalue weighted by Gasteiger charge is -2.23. The molecule has 1 amide bonds. The molecular weight excluding hydrogens is 216 g/mol. The molecule has 1 atom stereocenters. The smallest absolute Gasteiger partial charge is 0.253 e. The molecule has 1 aromatic carbocycles. The predicted molar refractivity (Wildman–Crippen MR) is 66.0 cm³/mol. The number of hydrogen-bond donors (Lipinski definition) is 2. The number of benzene rings is 1. The quantitative estimate of drug-likeness (QED) is 0.606. The van der Waals surface area contributed by atoms with Crippen molar-refractivity contribution in [3.05, 3.63) is 29.8 Å². The van der Waals surface area contributed by atoms with E-state index in [1.165, 1.54) is 0 Å². The Hall–Kier alpha value is -2.06. The molecule has 0 radical (unpaired) electrons. The topological polar surface area (TPSA) is 82.2 Å². The minimum absolute atomic E-state index is 0.0974. The zero-order chi connectivity index (χ0) is 12.8. The van der Waals surface area contributed by atoms with E-state index in [4.69, 9.17) is 11.1 Å². The number of hydrogen-bond acceptors (Lipinski definition) is 4. The molecule has 0 fully saturated rings. The van der Waals surface area contributed by atoms with Gasteiger partial charge < -0.3 is 10.3 Å². The van der Waals surface area contributed by atoms with Gasteiger partial charge in [-0.1, -0.05) is 0 Å². The van der Waals surface area contributed by atoms with Crippen LogP contribution in [0.15, 0.2) is 24.3 Å². The number of rotatable bonds is 4. The second-order valence-electron chi connectivity index (χ2n) is 3.85. The summed E-state index contributed by atoms with van der Waals surface area (Å²) in [7, 11) is 1.69. The minimum Gasteiger partial charge on any atom is -0.338 e. The molecular formula is C12H16N4O. The molecule has 0 aromatic heterocycles. The Balaban J connectivity index is 2.78. The SMILES string of the molecule is CC(CC#N)N(C)C(=O)c1ccc(NN)cc1. The highest BCUT2D eigenvalue weighted by Crippen LogP contribution is 2.12. The van der Waals surface area contributed by atoms with Crippen molar-refractivity contribution in [2.75, 3.05) is 12.5 Å². The summed E-state index contributed by atoms with van der Waals surface area (Å²) in [4.78, 5) is 13.6. The number of carbonyl (C=O) groups excluding carboxylic acids is 1. The summed E-state index contributed by atoms with van der Waals surface area (Å²) in [6.45, 7) is 1.84. The van der Waals surface area contributed by atoms with Crippen LogP contribution in [0.3, 0.4) is 0 Å². The average molecular weight is 232 g/mol. The summed E-state index contributed by atoms with van der Waals surface area (Å²) in [6.07, 6.45) is 0.324. The van der Waals surface area contributed by atoms with Crippen molar-refractivity contribution in [1.82, 2.24) is 4.90 Å². The zero-order valence-corrected chi connectivity index (χ0v) is 9.97. The van der Waals surface area contributed by atoms with Crippen molar-refractivity contribution in [2.24, 2.45) is 5.84 Å². The van der Waals surface area contributed by atoms with Crippen LogP contribution in [0, 0.1) is 11.3 Å². The first-order valence-electron chi connectivity index (χ1n) is 5.31. The van der Waals surface area contributed by atoms with Crippen LogP contribution in [0.4, 0.5) is 5.69 Å². The van der Waals surface area contributed by atoms with Gasteiger partial charge in [-0.05, 0) is 31.2 Å². The van der Waals surface area contributed by atoms with Crippen molar-refractivity contribution in [2.45, 2.75) is 19.4 Å². The van der Waals surface area contributed by atoms with E-state index in [0.29, 0.717) is 12.0 Å². The van der Waals surface area contributed by atoms with Gasteiger partial charge in [0.1, 0.15) is 0 Å². The Labute approximate surface area is 101 Å². The Morgan fingerprint density at radius 2 is 2.12 bits per heavy atom. The molecule has 1 aromatic rings. The molecule has 0 bridgehead atoms. The van der Waals surface area contributed by atoms with Crippen molar-refractivity contribution < 1.29 is 4.79 Å². The third-order valence-electron chi connectivity index (χ3n) is 2.67. The van der Waals surface area contributed by atoms with E-state index in [1.54, 1.807) is 36.2 Å². The molecule has 17 heavy (non-hydrogen) atoms. The third kappa shape index (κ3) is 3.20. The highest BCUT2D eigenvalue weighted by molar-refractivity contribution is 5.94. The average Bonchev–Trinajstić information content (AvgIpc) is 2.37. The van der Waals surface area contributed by atoms with Crippen molar-refractivity contribution in [1.29, 1.82) is 5.26 Å². The standard InChI is InChI=1S/C12H16N4O/c1-9(7-8-13)16(2)12(17)10-3-5-11(15-14)6-4-10/h3-6,9,15H,7,14H2,1-2H3. The van der Waals surface area contributed by atoms with E-state index >= 15 is 0 Å². The Morgan fingerprint density at radius 1 is 1.53 bits per heavy atom. The van der Waals surface area contributed by atoms with Gasteiger partial charge in [-0.15, -0.1) is 0 Å². The number of nitrogen functional groups attached to an aromatic ring is 1. The van der Waals surface area contributed by atoms with Gasteiger partial charge in [-0.25, -0.2) is 0 Å². The van der Waals surface area contributed by atoms with Crippen LogP contribution in [0.5, 0.6) is 0 Å². The highest BCUT2D eigenvalue weighted by Gasteiger charge is 2.16. The van der Waals surface area contributed by atoms with E-state index < -0.39 is 0 Å². The lowest BCUT2D eigenvalue weighted by atomic mass is 10.1. The van der Waals surface area contributed by atoms with Gasteiger partial charge in [0.25, 0.3) is 5.91 Å². The van der Waals surface area contributed by atoms with Crippen LogP contribution in [-0.4, -0.2) is 23.9 Å². The summed E-state index contributed by atoms with van der Waals surface area (Å²) in [5.74, 6) is 5.14. The largest absolute Gasteiger partial charge is 0.338 e. The first-order chi connectivity index (χ1) is 8.10. The summed E-state index contributed by atoms with van der Waals surface area (Å²) >= 11 is 0. The fourth-order valence-electron chi connectivity index (χ4n) is 1.38. The summed E-state index contributed by atoms with van der Waals surface area (Å²) in [5, 5.41) is 8.60. The van der Waals surface area contributed by atoms with Gasteiger partial charge in [0, 0.05) is 24.3 Å². The van der Waals surface area contributed by atoms with Crippen LogP contribution in [0.2, 0.25) is 0 Å². The molecule has 0 aliphatic heterocycles. The van der Waals surface area contributed by atoms with Gasteiger partial charge in [0.15, 0.2) is 0 Å². The van der Waals surface area contributed by atoms with Crippen molar-refractivity contribution >= 4 is 11.6 Å². The van der Waals surface area contributed by atoms with E-state index in [9.17, 15) is 4.79 Å². The Bertz CT molecular complexity index is 421. The first-order valence-corrected chi connectivity index (χ1v) is 5.31. The molecule has 3 N–H and O–H groups in total. The minimum atomic E-state index is -0.101. The second kappa shape index (κ2) is 5.87. The maximum atomic E-state index is 12.0. The maximum Gasteiger partial charge on any atom is 0.253 e. The third-order valence-corrected chi connectivity index (χ3v) is 2.67. The monoisotopic (exact) mass is 232 g/mol. The zero-order valence-electron chi connectivity index (χ0n) is 9.97. The number of nitrogens with two attached hydrogens (primary N) is 1. The molecule has 90 valence electrons. The second-order valence-corrected chi connectivity index (χ2v) is 3.85. The van der Waals surface area contributed by atoms with Crippen LogP contribution >= 0.6 is 0 Å². The normalized spacial score (nSPS) is 11.4. The van der Waals surface area contributed by atoms with Crippen LogP contribution in [0.1, 0.15) is 23.7 Å². The van der Waals surface area contributed by atoms with Gasteiger partial charge in [0.2, 0.25) is 0 Å². The molecule has 0 spiro atoms. The molecule has 0 aliphatic carbocycles. The molecule has 1 unspecified atom stereocenters. The molecule has 5 heteroatoms. The first kappa shape index (κ1) is 13.0. The lowest BCUT2D eigenvalue weighted by molar-refractivity contribution is 0.0746.